The molecule has 0 saturated carbocycles. The molecule has 23 heavy (non-hydrogen) atoms. The minimum Gasteiger partial charge on any atom is -0.388 e. The number of rotatable bonds is 6. The Bertz CT molecular complexity index is 554. The van der Waals surface area contributed by atoms with E-state index < -0.39 is 29.0 Å². The van der Waals surface area contributed by atoms with Gasteiger partial charge in [-0.3, -0.25) is 9.59 Å². The van der Waals surface area contributed by atoms with Crippen LogP contribution in [0.4, 0.5) is 14.5 Å². The van der Waals surface area contributed by atoms with Crippen LogP contribution in [0.25, 0.3) is 0 Å². The molecule has 7 heteroatoms. The molecule has 0 aliphatic rings. The van der Waals surface area contributed by atoms with Crippen molar-refractivity contribution in [1.29, 1.82) is 0 Å². The molecule has 5 nitrogen and oxygen atoms in total. The molecule has 128 valence electrons. The van der Waals surface area contributed by atoms with E-state index in [2.05, 4.69) is 10.6 Å². The molecule has 1 aromatic rings. The zero-order valence-electron chi connectivity index (χ0n) is 13.5. The van der Waals surface area contributed by atoms with E-state index in [-0.39, 0.29) is 12.2 Å². The van der Waals surface area contributed by atoms with Gasteiger partial charge < -0.3 is 15.7 Å². The monoisotopic (exact) mass is 328 g/mol. The number of aliphatic hydroxyl groups is 1. The van der Waals surface area contributed by atoms with Gasteiger partial charge in [0.2, 0.25) is 0 Å². The van der Waals surface area contributed by atoms with Crippen LogP contribution in [0.2, 0.25) is 0 Å². The zero-order chi connectivity index (χ0) is 17.6. The van der Waals surface area contributed by atoms with Gasteiger partial charge in [0.05, 0.1) is 5.60 Å². The Morgan fingerprint density at radius 1 is 1.17 bits per heavy atom. The van der Waals surface area contributed by atoms with E-state index in [4.69, 9.17) is 0 Å². The third kappa shape index (κ3) is 7.19. The second-order valence-corrected chi connectivity index (χ2v) is 6.22. The lowest BCUT2D eigenvalue weighted by molar-refractivity contribution is -0.136. The fraction of sp³-hybridized carbons (Fsp3) is 0.500. The highest BCUT2D eigenvalue weighted by Gasteiger charge is 2.23. The van der Waals surface area contributed by atoms with Gasteiger partial charge in [-0.2, -0.15) is 0 Å². The maximum absolute atomic E-state index is 13.0. The van der Waals surface area contributed by atoms with Gasteiger partial charge >= 0.3 is 11.8 Å². The Morgan fingerprint density at radius 2 is 1.74 bits per heavy atom. The number of carbonyl (C=O) groups excluding carboxylic acids is 2. The van der Waals surface area contributed by atoms with E-state index in [1.54, 1.807) is 6.92 Å². The lowest BCUT2D eigenvalue weighted by atomic mass is 9.95. The molecule has 1 atom stereocenters. The number of nitrogens with one attached hydrogen (secondary N) is 2. The molecule has 0 aliphatic heterocycles. The van der Waals surface area contributed by atoms with Crippen LogP contribution in [0.5, 0.6) is 0 Å². The normalized spacial score (nSPS) is 13.5. The summed E-state index contributed by atoms with van der Waals surface area (Å²) in [6.07, 6.45) is 1.25. The summed E-state index contributed by atoms with van der Waals surface area (Å²) >= 11 is 0. The van der Waals surface area contributed by atoms with Crippen molar-refractivity contribution in [2.75, 3.05) is 11.9 Å². The quantitative estimate of drug-likeness (QED) is 0.701. The van der Waals surface area contributed by atoms with Gasteiger partial charge in [0.15, 0.2) is 0 Å². The molecule has 0 aliphatic carbocycles. The molecule has 0 unspecified atom stereocenters. The molecule has 3 N–H and O–H groups in total. The van der Waals surface area contributed by atoms with E-state index in [1.165, 1.54) is 0 Å². The fourth-order valence-electron chi connectivity index (χ4n) is 1.85. The van der Waals surface area contributed by atoms with E-state index in [1.807, 2.05) is 13.8 Å². The Morgan fingerprint density at radius 3 is 2.26 bits per heavy atom. The Hall–Kier alpha value is -2.02. The maximum atomic E-state index is 13.0. The first-order chi connectivity index (χ1) is 10.6. The zero-order valence-corrected chi connectivity index (χ0v) is 13.5. The Labute approximate surface area is 134 Å². The number of hydrogen-bond donors (Lipinski definition) is 3. The van der Waals surface area contributed by atoms with E-state index in [0.29, 0.717) is 18.4 Å². The smallest absolute Gasteiger partial charge is 0.313 e. The standard InChI is InChI=1S/C16H22F2N2O3/c1-10(2)4-5-16(3,23)9-19-14(21)15(22)20-13-7-11(17)6-12(18)8-13/h6-8,10,23H,4-5,9H2,1-3H3,(H,19,21)(H,20,22)/t16-/m1/s1. The summed E-state index contributed by atoms with van der Waals surface area (Å²) in [6.45, 7) is 5.50. The first kappa shape index (κ1) is 19.0. The summed E-state index contributed by atoms with van der Waals surface area (Å²) in [5, 5.41) is 14.5. The molecule has 0 fully saturated rings. The van der Waals surface area contributed by atoms with Gasteiger partial charge in [0.1, 0.15) is 11.6 Å². The molecule has 0 spiro atoms. The minimum atomic E-state index is -1.13. The van der Waals surface area contributed by atoms with Crippen LogP contribution < -0.4 is 10.6 Å². The number of anilines is 1. The van der Waals surface area contributed by atoms with Crippen LogP contribution in [0, 0.1) is 17.6 Å². The van der Waals surface area contributed by atoms with Gasteiger partial charge in [-0.05, 0) is 37.8 Å². The number of carbonyl (C=O) groups is 2. The van der Waals surface area contributed by atoms with E-state index in [9.17, 15) is 23.5 Å². The molecule has 0 saturated heterocycles. The second kappa shape index (κ2) is 8.01. The van der Waals surface area contributed by atoms with Crippen LogP contribution in [0.3, 0.4) is 0 Å². The van der Waals surface area contributed by atoms with Crippen molar-refractivity contribution in [2.24, 2.45) is 5.92 Å². The highest BCUT2D eigenvalue weighted by Crippen LogP contribution is 2.15. The molecular weight excluding hydrogens is 306 g/mol. The van der Waals surface area contributed by atoms with Crippen molar-refractivity contribution in [3.63, 3.8) is 0 Å². The summed E-state index contributed by atoms with van der Waals surface area (Å²) < 4.78 is 26.0. The number of benzene rings is 1. The minimum absolute atomic E-state index is 0.0938. The maximum Gasteiger partial charge on any atom is 0.313 e. The highest BCUT2D eigenvalue weighted by molar-refractivity contribution is 6.39. The van der Waals surface area contributed by atoms with Crippen molar-refractivity contribution in [3.05, 3.63) is 29.8 Å². The van der Waals surface area contributed by atoms with Crippen LogP contribution in [-0.2, 0) is 9.59 Å². The van der Waals surface area contributed by atoms with Crippen molar-refractivity contribution < 1.29 is 23.5 Å². The first-order valence-electron chi connectivity index (χ1n) is 7.37. The molecule has 0 aromatic heterocycles. The molecule has 1 aromatic carbocycles. The first-order valence-corrected chi connectivity index (χ1v) is 7.37. The molecule has 2 amide bonds. The largest absolute Gasteiger partial charge is 0.388 e. The van der Waals surface area contributed by atoms with Gasteiger partial charge in [-0.1, -0.05) is 13.8 Å². The summed E-state index contributed by atoms with van der Waals surface area (Å²) in [7, 11) is 0. The molecule has 1 rings (SSSR count). The topological polar surface area (TPSA) is 78.4 Å². The predicted molar refractivity (Wildman–Crippen MR) is 82.7 cm³/mol. The fourth-order valence-corrected chi connectivity index (χ4v) is 1.85. The summed E-state index contributed by atoms with van der Waals surface area (Å²) in [4.78, 5) is 23.3. The lowest BCUT2D eigenvalue weighted by Gasteiger charge is -2.24. The SMILES string of the molecule is CC(C)CC[C@@](C)(O)CNC(=O)C(=O)Nc1cc(F)cc(F)c1. The van der Waals surface area contributed by atoms with Crippen LogP contribution in [-0.4, -0.2) is 29.1 Å². The molecular formula is C16H22F2N2O3. The second-order valence-electron chi connectivity index (χ2n) is 6.22. The molecule has 0 radical (unpaired) electrons. The van der Waals surface area contributed by atoms with Crippen molar-refractivity contribution in [1.82, 2.24) is 5.32 Å². The molecule has 0 heterocycles. The van der Waals surface area contributed by atoms with Gasteiger partial charge in [0, 0.05) is 18.3 Å². The third-order valence-corrected chi connectivity index (χ3v) is 3.22. The van der Waals surface area contributed by atoms with Crippen LogP contribution in [0.1, 0.15) is 33.6 Å². The van der Waals surface area contributed by atoms with Gasteiger partial charge in [0.25, 0.3) is 0 Å². The van der Waals surface area contributed by atoms with Crippen molar-refractivity contribution in [3.8, 4) is 0 Å². The average molecular weight is 328 g/mol. The number of amides is 2. The van der Waals surface area contributed by atoms with Gasteiger partial charge in [-0.15, -0.1) is 0 Å². The Kier molecular flexibility index (Phi) is 6.62. The third-order valence-electron chi connectivity index (χ3n) is 3.22. The predicted octanol–water partition coefficient (Wildman–Crippen LogP) is 2.21. The van der Waals surface area contributed by atoms with Crippen LogP contribution >= 0.6 is 0 Å². The van der Waals surface area contributed by atoms with Crippen LogP contribution in [0.15, 0.2) is 18.2 Å². The Balaban J connectivity index is 2.52. The van der Waals surface area contributed by atoms with E-state index >= 15 is 0 Å². The highest BCUT2D eigenvalue weighted by atomic mass is 19.1. The molecule has 0 bridgehead atoms. The van der Waals surface area contributed by atoms with Gasteiger partial charge in [-0.25, -0.2) is 8.78 Å². The summed E-state index contributed by atoms with van der Waals surface area (Å²) in [5.41, 5.74) is -1.29. The van der Waals surface area contributed by atoms with E-state index in [0.717, 1.165) is 18.6 Å². The van der Waals surface area contributed by atoms with Crippen molar-refractivity contribution >= 4 is 17.5 Å². The average Bonchev–Trinajstić information content (AvgIpc) is 2.41. The summed E-state index contributed by atoms with van der Waals surface area (Å²) in [5.74, 6) is -3.37. The van der Waals surface area contributed by atoms with Crippen molar-refractivity contribution in [2.45, 2.75) is 39.2 Å². The lowest BCUT2D eigenvalue weighted by Crippen LogP contribution is -2.44. The number of halogens is 2. The number of hydrogen-bond acceptors (Lipinski definition) is 3. The summed E-state index contributed by atoms with van der Waals surface area (Å²) in [6, 6.07) is 2.45.